The number of carboxylic acids is 1. The van der Waals surface area contributed by atoms with Crippen molar-refractivity contribution in [1.82, 2.24) is 4.90 Å². The molecule has 1 aliphatic heterocycles. The summed E-state index contributed by atoms with van der Waals surface area (Å²) in [5.41, 5.74) is 0. The summed E-state index contributed by atoms with van der Waals surface area (Å²) in [5, 5.41) is 11.0. The van der Waals surface area contributed by atoms with E-state index in [4.69, 9.17) is 5.11 Å². The Hall–Kier alpha value is -0.880. The molecule has 2 heterocycles. The van der Waals surface area contributed by atoms with Crippen molar-refractivity contribution in [2.75, 3.05) is 6.54 Å². The van der Waals surface area contributed by atoms with Gasteiger partial charge in [0.05, 0.1) is 5.92 Å². The Kier molecular flexibility index (Phi) is 4.07. The van der Waals surface area contributed by atoms with Crippen LogP contribution in [-0.2, 0) is 4.79 Å². The van der Waals surface area contributed by atoms with Gasteiger partial charge in [0.2, 0.25) is 0 Å². The Labute approximate surface area is 118 Å². The Bertz CT molecular complexity index is 474. The van der Waals surface area contributed by atoms with Gasteiger partial charge in [0.25, 0.3) is 5.91 Å². The first-order valence-electron chi connectivity index (χ1n) is 5.79. The van der Waals surface area contributed by atoms with Gasteiger partial charge in [-0.05, 0) is 47.1 Å². The van der Waals surface area contributed by atoms with Gasteiger partial charge in [-0.1, -0.05) is 0 Å². The van der Waals surface area contributed by atoms with E-state index in [1.54, 1.807) is 4.90 Å². The van der Waals surface area contributed by atoms with Crippen molar-refractivity contribution in [2.45, 2.75) is 25.8 Å². The summed E-state index contributed by atoms with van der Waals surface area (Å²) in [6, 6.07) is 1.58. The van der Waals surface area contributed by atoms with Gasteiger partial charge in [0.15, 0.2) is 0 Å². The number of hydrogen-bond acceptors (Lipinski definition) is 3. The number of amides is 1. The lowest BCUT2D eigenvalue weighted by Gasteiger charge is -2.37. The van der Waals surface area contributed by atoms with Crippen LogP contribution in [0.25, 0.3) is 0 Å². The highest BCUT2D eigenvalue weighted by atomic mass is 79.9. The normalized spacial score (nSPS) is 24.0. The maximum atomic E-state index is 12.4. The van der Waals surface area contributed by atoms with Crippen LogP contribution in [0.2, 0.25) is 0 Å². The molecule has 2 rings (SSSR count). The molecule has 18 heavy (non-hydrogen) atoms. The van der Waals surface area contributed by atoms with E-state index in [-0.39, 0.29) is 11.9 Å². The van der Waals surface area contributed by atoms with Crippen molar-refractivity contribution in [3.63, 3.8) is 0 Å². The molecule has 0 aliphatic carbocycles. The highest BCUT2D eigenvalue weighted by molar-refractivity contribution is 9.10. The topological polar surface area (TPSA) is 57.6 Å². The number of likely N-dealkylation sites (tertiary alicyclic amines) is 1. The maximum Gasteiger partial charge on any atom is 0.308 e. The lowest BCUT2D eigenvalue weighted by atomic mass is 9.90. The summed E-state index contributed by atoms with van der Waals surface area (Å²) < 4.78 is 0.780. The van der Waals surface area contributed by atoms with Crippen molar-refractivity contribution in [1.29, 1.82) is 0 Å². The standard InChI is InChI=1S/C12H14BrNO3S/c1-7-8(12(16)17)3-2-5-14(7)11(15)10-9(13)4-6-18-10/h4,6-8H,2-3,5H2,1H3,(H,16,17)/t7-,8-/m1/s1. The fourth-order valence-electron chi connectivity index (χ4n) is 2.34. The molecule has 0 unspecified atom stereocenters. The van der Waals surface area contributed by atoms with Crippen LogP contribution < -0.4 is 0 Å². The third-order valence-corrected chi connectivity index (χ3v) is 5.20. The minimum atomic E-state index is -0.815. The second kappa shape index (κ2) is 5.40. The van der Waals surface area contributed by atoms with Crippen LogP contribution in [0.4, 0.5) is 0 Å². The Morgan fingerprint density at radius 1 is 1.56 bits per heavy atom. The van der Waals surface area contributed by atoms with E-state index in [1.165, 1.54) is 11.3 Å². The number of piperidine rings is 1. The van der Waals surface area contributed by atoms with Gasteiger partial charge in [0.1, 0.15) is 4.88 Å². The van der Waals surface area contributed by atoms with Crippen LogP contribution in [-0.4, -0.2) is 34.5 Å². The molecule has 98 valence electrons. The molecule has 1 fully saturated rings. The lowest BCUT2D eigenvalue weighted by molar-refractivity contribution is -0.144. The Morgan fingerprint density at radius 2 is 2.28 bits per heavy atom. The summed E-state index contributed by atoms with van der Waals surface area (Å²) >= 11 is 4.72. The molecule has 6 heteroatoms. The van der Waals surface area contributed by atoms with Gasteiger partial charge in [-0.2, -0.15) is 0 Å². The van der Waals surface area contributed by atoms with Crippen molar-refractivity contribution in [3.05, 3.63) is 20.8 Å². The molecular weight excluding hydrogens is 318 g/mol. The summed E-state index contributed by atoms with van der Waals surface area (Å²) in [5.74, 6) is -1.35. The van der Waals surface area contributed by atoms with Gasteiger partial charge in [-0.25, -0.2) is 0 Å². The molecule has 1 saturated heterocycles. The molecular formula is C12H14BrNO3S. The van der Waals surface area contributed by atoms with Crippen LogP contribution in [0.1, 0.15) is 29.4 Å². The molecule has 0 spiro atoms. The summed E-state index contributed by atoms with van der Waals surface area (Å²) in [6.45, 7) is 2.45. The van der Waals surface area contributed by atoms with Crippen molar-refractivity contribution < 1.29 is 14.7 Å². The quantitative estimate of drug-likeness (QED) is 0.906. The van der Waals surface area contributed by atoms with Gasteiger partial charge >= 0.3 is 5.97 Å². The number of nitrogens with zero attached hydrogens (tertiary/aromatic N) is 1. The van der Waals surface area contributed by atoms with Gasteiger partial charge in [-0.15, -0.1) is 11.3 Å². The van der Waals surface area contributed by atoms with E-state index in [1.807, 2.05) is 18.4 Å². The van der Waals surface area contributed by atoms with E-state index in [9.17, 15) is 9.59 Å². The summed E-state index contributed by atoms with van der Waals surface area (Å²) in [6.07, 6.45) is 1.39. The molecule has 2 atom stereocenters. The van der Waals surface area contributed by atoms with E-state index >= 15 is 0 Å². The third kappa shape index (κ3) is 2.44. The first-order chi connectivity index (χ1) is 8.52. The van der Waals surface area contributed by atoms with Crippen LogP contribution in [0.5, 0.6) is 0 Å². The molecule has 1 aromatic rings. The first kappa shape index (κ1) is 13.5. The van der Waals surface area contributed by atoms with E-state index in [0.717, 1.165) is 10.9 Å². The number of rotatable bonds is 2. The molecule has 0 radical (unpaired) electrons. The molecule has 0 aromatic carbocycles. The van der Waals surface area contributed by atoms with Crippen LogP contribution >= 0.6 is 27.3 Å². The zero-order valence-electron chi connectivity index (χ0n) is 9.93. The first-order valence-corrected chi connectivity index (χ1v) is 7.46. The minimum Gasteiger partial charge on any atom is -0.481 e. The third-order valence-electron chi connectivity index (χ3n) is 3.38. The fourth-order valence-corrected chi connectivity index (χ4v) is 3.83. The van der Waals surface area contributed by atoms with E-state index < -0.39 is 11.9 Å². The second-order valence-electron chi connectivity index (χ2n) is 4.42. The Morgan fingerprint density at radius 3 is 2.83 bits per heavy atom. The van der Waals surface area contributed by atoms with Crippen LogP contribution in [0.15, 0.2) is 15.9 Å². The molecule has 0 saturated carbocycles. The number of halogens is 1. The lowest BCUT2D eigenvalue weighted by Crippen LogP contribution is -2.49. The average molecular weight is 332 g/mol. The van der Waals surface area contributed by atoms with E-state index in [2.05, 4.69) is 15.9 Å². The predicted octanol–water partition coefficient (Wildman–Crippen LogP) is 2.84. The average Bonchev–Trinajstić information content (AvgIpc) is 2.74. The smallest absolute Gasteiger partial charge is 0.308 e. The zero-order chi connectivity index (χ0) is 13.3. The van der Waals surface area contributed by atoms with Gasteiger partial charge in [0, 0.05) is 17.1 Å². The molecule has 0 bridgehead atoms. The molecule has 4 nitrogen and oxygen atoms in total. The maximum absolute atomic E-state index is 12.4. The minimum absolute atomic E-state index is 0.0738. The van der Waals surface area contributed by atoms with Gasteiger partial charge < -0.3 is 10.0 Å². The number of carboxylic acid groups (broad SMARTS) is 1. The van der Waals surface area contributed by atoms with Crippen molar-refractivity contribution in [3.8, 4) is 0 Å². The Balaban J connectivity index is 2.20. The number of hydrogen-bond donors (Lipinski definition) is 1. The van der Waals surface area contributed by atoms with E-state index in [0.29, 0.717) is 17.8 Å². The van der Waals surface area contributed by atoms with Crippen LogP contribution in [0.3, 0.4) is 0 Å². The van der Waals surface area contributed by atoms with Crippen LogP contribution in [0, 0.1) is 5.92 Å². The van der Waals surface area contributed by atoms with Gasteiger partial charge in [-0.3, -0.25) is 9.59 Å². The largest absolute Gasteiger partial charge is 0.481 e. The molecule has 1 aliphatic rings. The fraction of sp³-hybridized carbons (Fsp3) is 0.500. The predicted molar refractivity (Wildman–Crippen MR) is 72.9 cm³/mol. The highest BCUT2D eigenvalue weighted by Gasteiger charge is 2.36. The number of thiophene rings is 1. The molecule has 1 aromatic heterocycles. The summed E-state index contributed by atoms with van der Waals surface area (Å²) in [7, 11) is 0. The number of carbonyl (C=O) groups is 2. The number of aliphatic carboxylic acids is 1. The molecule has 1 amide bonds. The number of carbonyl (C=O) groups excluding carboxylic acids is 1. The second-order valence-corrected chi connectivity index (χ2v) is 6.19. The highest BCUT2D eigenvalue weighted by Crippen LogP contribution is 2.29. The summed E-state index contributed by atoms with van der Waals surface area (Å²) in [4.78, 5) is 25.8. The van der Waals surface area contributed by atoms with Crippen molar-refractivity contribution >= 4 is 39.1 Å². The zero-order valence-corrected chi connectivity index (χ0v) is 12.3. The van der Waals surface area contributed by atoms with Crippen molar-refractivity contribution in [2.24, 2.45) is 5.92 Å². The molecule has 1 N–H and O–H groups in total. The SMILES string of the molecule is C[C@@H]1[C@H](C(=O)O)CCCN1C(=O)c1sccc1Br. The monoisotopic (exact) mass is 331 g/mol.